The molecule has 0 bridgehead atoms. The Bertz CT molecular complexity index is 407. The second-order valence-electron chi connectivity index (χ2n) is 7.21. The van der Waals surface area contributed by atoms with Crippen molar-refractivity contribution in [2.75, 3.05) is 39.4 Å². The maximum absolute atomic E-state index is 12.5. The molecule has 2 fully saturated rings. The minimum atomic E-state index is 0.268. The van der Waals surface area contributed by atoms with Crippen molar-refractivity contribution in [3.63, 3.8) is 0 Å². The molecule has 2 saturated heterocycles. The van der Waals surface area contributed by atoms with Gasteiger partial charge in [0.1, 0.15) is 0 Å². The van der Waals surface area contributed by atoms with Crippen LogP contribution < -0.4 is 0 Å². The Labute approximate surface area is 146 Å². The molecule has 2 atom stereocenters. The van der Waals surface area contributed by atoms with Gasteiger partial charge in [0.05, 0.1) is 13.2 Å². The van der Waals surface area contributed by atoms with Crippen LogP contribution in [-0.4, -0.2) is 61.0 Å². The third-order valence-corrected chi connectivity index (χ3v) is 5.56. The van der Waals surface area contributed by atoms with Crippen molar-refractivity contribution < 1.29 is 14.3 Å². The fourth-order valence-electron chi connectivity index (χ4n) is 3.89. The molecule has 0 spiro atoms. The highest BCUT2D eigenvalue weighted by Gasteiger charge is 2.32. The molecule has 0 N–H and O–H groups in total. The van der Waals surface area contributed by atoms with Crippen LogP contribution >= 0.6 is 0 Å². The zero-order valence-corrected chi connectivity index (χ0v) is 15.5. The molecule has 0 aromatic rings. The van der Waals surface area contributed by atoms with E-state index in [0.29, 0.717) is 43.8 Å². The summed E-state index contributed by atoms with van der Waals surface area (Å²) in [6.45, 7) is 8.78. The van der Waals surface area contributed by atoms with E-state index in [-0.39, 0.29) is 5.91 Å². The van der Waals surface area contributed by atoms with Crippen molar-refractivity contribution in [1.82, 2.24) is 9.80 Å². The highest BCUT2D eigenvalue weighted by Crippen LogP contribution is 2.30. The van der Waals surface area contributed by atoms with Gasteiger partial charge in [-0.15, -0.1) is 0 Å². The zero-order chi connectivity index (χ0) is 17.4. The molecule has 0 aliphatic carbocycles. The topological polar surface area (TPSA) is 49.9 Å². The highest BCUT2D eigenvalue weighted by atomic mass is 16.5. The summed E-state index contributed by atoms with van der Waals surface area (Å²) < 4.78 is 5.32. The van der Waals surface area contributed by atoms with Gasteiger partial charge in [-0.05, 0) is 24.7 Å². The number of hydrogen-bond donors (Lipinski definition) is 0. The van der Waals surface area contributed by atoms with Gasteiger partial charge >= 0.3 is 0 Å². The van der Waals surface area contributed by atoms with E-state index in [2.05, 4.69) is 13.8 Å². The van der Waals surface area contributed by atoms with Crippen LogP contribution in [0.25, 0.3) is 0 Å². The molecular weight excluding hydrogens is 304 g/mol. The lowest BCUT2D eigenvalue weighted by Gasteiger charge is -2.39. The molecule has 0 unspecified atom stereocenters. The largest absolute Gasteiger partial charge is 0.378 e. The van der Waals surface area contributed by atoms with E-state index in [4.69, 9.17) is 4.74 Å². The van der Waals surface area contributed by atoms with E-state index < -0.39 is 0 Å². The van der Waals surface area contributed by atoms with Crippen molar-refractivity contribution in [3.05, 3.63) is 0 Å². The monoisotopic (exact) mass is 338 g/mol. The highest BCUT2D eigenvalue weighted by molar-refractivity contribution is 5.77. The van der Waals surface area contributed by atoms with E-state index >= 15 is 0 Å². The number of likely N-dealkylation sites (tertiary alicyclic amines) is 1. The van der Waals surface area contributed by atoms with E-state index in [0.717, 1.165) is 58.3 Å². The SMILES string of the molecule is CCCCCC(=O)N1CC[C@@H](CC(=O)N2CCOCC2)[C@@H](CC)C1. The summed E-state index contributed by atoms with van der Waals surface area (Å²) in [5.41, 5.74) is 0. The van der Waals surface area contributed by atoms with Gasteiger partial charge in [-0.25, -0.2) is 0 Å². The van der Waals surface area contributed by atoms with Crippen LogP contribution in [0.1, 0.15) is 58.8 Å². The number of morpholine rings is 1. The summed E-state index contributed by atoms with van der Waals surface area (Å²) in [7, 11) is 0. The molecule has 0 aromatic carbocycles. The molecule has 0 saturated carbocycles. The first-order chi connectivity index (χ1) is 11.7. The van der Waals surface area contributed by atoms with Gasteiger partial charge in [-0.1, -0.05) is 33.1 Å². The van der Waals surface area contributed by atoms with Crippen LogP contribution in [0.5, 0.6) is 0 Å². The Hall–Kier alpha value is -1.10. The van der Waals surface area contributed by atoms with E-state index in [1.807, 2.05) is 9.80 Å². The predicted octanol–water partition coefficient (Wildman–Crippen LogP) is 2.69. The molecule has 5 nitrogen and oxygen atoms in total. The van der Waals surface area contributed by atoms with Crippen LogP contribution in [0.4, 0.5) is 0 Å². The van der Waals surface area contributed by atoms with Gasteiger partial charge in [0.15, 0.2) is 0 Å². The maximum Gasteiger partial charge on any atom is 0.223 e. The van der Waals surface area contributed by atoms with E-state index in [1.54, 1.807) is 0 Å². The Morgan fingerprint density at radius 2 is 1.71 bits per heavy atom. The average molecular weight is 338 g/mol. The first-order valence-corrected chi connectivity index (χ1v) is 9.79. The smallest absolute Gasteiger partial charge is 0.223 e. The molecule has 2 heterocycles. The van der Waals surface area contributed by atoms with Crippen LogP contribution in [0.3, 0.4) is 0 Å². The van der Waals surface area contributed by atoms with E-state index in [1.165, 1.54) is 0 Å². The third-order valence-electron chi connectivity index (χ3n) is 5.56. The standard InChI is InChI=1S/C19H34N2O3/c1-3-5-6-7-18(22)21-9-8-17(16(4-2)15-21)14-19(23)20-10-12-24-13-11-20/h16-17H,3-15H2,1-2H3/t16-,17-/m0/s1. The molecule has 2 aliphatic rings. The molecule has 2 aliphatic heterocycles. The molecule has 0 aromatic heterocycles. The lowest BCUT2D eigenvalue weighted by Crippen LogP contribution is -2.46. The van der Waals surface area contributed by atoms with Crippen LogP contribution in [0, 0.1) is 11.8 Å². The molecule has 24 heavy (non-hydrogen) atoms. The lowest BCUT2D eigenvalue weighted by molar-refractivity contribution is -0.138. The minimum Gasteiger partial charge on any atom is -0.378 e. The number of unbranched alkanes of at least 4 members (excludes halogenated alkanes) is 2. The number of carbonyl (C=O) groups excluding carboxylic acids is 2. The number of ether oxygens (including phenoxy) is 1. The normalized spacial score (nSPS) is 24.9. The van der Waals surface area contributed by atoms with Crippen LogP contribution in [0.2, 0.25) is 0 Å². The minimum absolute atomic E-state index is 0.268. The lowest BCUT2D eigenvalue weighted by atomic mass is 9.81. The fourth-order valence-corrected chi connectivity index (χ4v) is 3.89. The number of hydrogen-bond acceptors (Lipinski definition) is 3. The number of carbonyl (C=O) groups is 2. The Kier molecular flexibility index (Phi) is 8.03. The molecular formula is C19H34N2O3. The summed E-state index contributed by atoms with van der Waals surface area (Å²) in [5, 5.41) is 0. The molecule has 2 rings (SSSR count). The fraction of sp³-hybridized carbons (Fsp3) is 0.895. The first kappa shape index (κ1) is 19.2. The second kappa shape index (κ2) is 10.0. The quantitative estimate of drug-likeness (QED) is 0.671. The van der Waals surface area contributed by atoms with Gasteiger partial charge < -0.3 is 14.5 Å². The number of nitrogens with zero attached hydrogens (tertiary/aromatic N) is 2. The summed E-state index contributed by atoms with van der Waals surface area (Å²) in [6.07, 6.45) is 6.61. The molecule has 0 radical (unpaired) electrons. The Balaban J connectivity index is 1.81. The summed E-state index contributed by atoms with van der Waals surface area (Å²) in [6, 6.07) is 0. The van der Waals surface area contributed by atoms with Crippen LogP contribution in [0.15, 0.2) is 0 Å². The summed E-state index contributed by atoms with van der Waals surface area (Å²) >= 11 is 0. The van der Waals surface area contributed by atoms with Gasteiger partial charge in [-0.3, -0.25) is 9.59 Å². The van der Waals surface area contributed by atoms with Gasteiger partial charge in [0.2, 0.25) is 11.8 Å². The Morgan fingerprint density at radius 1 is 0.958 bits per heavy atom. The van der Waals surface area contributed by atoms with Crippen LogP contribution in [-0.2, 0) is 14.3 Å². The van der Waals surface area contributed by atoms with Gasteiger partial charge in [0.25, 0.3) is 0 Å². The average Bonchev–Trinajstić information content (AvgIpc) is 2.62. The number of amides is 2. The van der Waals surface area contributed by atoms with Crippen molar-refractivity contribution >= 4 is 11.8 Å². The number of rotatable bonds is 7. The molecule has 5 heteroatoms. The van der Waals surface area contributed by atoms with Crippen molar-refractivity contribution in [1.29, 1.82) is 0 Å². The second-order valence-corrected chi connectivity index (χ2v) is 7.21. The van der Waals surface area contributed by atoms with Gasteiger partial charge in [-0.2, -0.15) is 0 Å². The Morgan fingerprint density at radius 3 is 2.38 bits per heavy atom. The van der Waals surface area contributed by atoms with E-state index in [9.17, 15) is 9.59 Å². The molecule has 138 valence electrons. The first-order valence-electron chi connectivity index (χ1n) is 9.79. The summed E-state index contributed by atoms with van der Waals surface area (Å²) in [5.74, 6) is 1.45. The van der Waals surface area contributed by atoms with Crippen molar-refractivity contribution in [2.24, 2.45) is 11.8 Å². The van der Waals surface area contributed by atoms with Crippen molar-refractivity contribution in [2.45, 2.75) is 58.8 Å². The zero-order valence-electron chi connectivity index (χ0n) is 15.5. The molecule has 2 amide bonds. The van der Waals surface area contributed by atoms with Crippen molar-refractivity contribution in [3.8, 4) is 0 Å². The predicted molar refractivity (Wildman–Crippen MR) is 94.6 cm³/mol. The van der Waals surface area contributed by atoms with Gasteiger partial charge in [0, 0.05) is 39.0 Å². The summed E-state index contributed by atoms with van der Waals surface area (Å²) in [4.78, 5) is 28.8. The third kappa shape index (κ3) is 5.47. The maximum atomic E-state index is 12.5. The number of piperidine rings is 1.